The Bertz CT molecular complexity index is 781. The molecule has 1 aromatic rings. The predicted octanol–water partition coefficient (Wildman–Crippen LogP) is 2.99. The van der Waals surface area contributed by atoms with Gasteiger partial charge in [-0.2, -0.15) is 17.5 Å². The highest BCUT2D eigenvalue weighted by Crippen LogP contribution is 2.35. The fourth-order valence-corrected chi connectivity index (χ4v) is 5.69. The molecule has 1 aromatic carbocycles. The Morgan fingerprint density at radius 1 is 1.42 bits per heavy atom. The van der Waals surface area contributed by atoms with E-state index in [4.69, 9.17) is 0 Å². The van der Waals surface area contributed by atoms with Crippen LogP contribution in [0.15, 0.2) is 23.1 Å². The number of amides is 1. The molecule has 1 aliphatic rings. The van der Waals surface area contributed by atoms with Gasteiger partial charge in [-0.1, -0.05) is 13.0 Å². The summed E-state index contributed by atoms with van der Waals surface area (Å²) in [6.07, 6.45) is -3.96. The summed E-state index contributed by atoms with van der Waals surface area (Å²) in [7, 11) is -4.22. The fourth-order valence-electron chi connectivity index (χ4n) is 2.51. The minimum atomic E-state index is -4.65. The van der Waals surface area contributed by atoms with Gasteiger partial charge in [0.1, 0.15) is 6.04 Å². The van der Waals surface area contributed by atoms with Crippen molar-refractivity contribution in [3.63, 3.8) is 0 Å². The molecule has 1 N–H and O–H groups in total. The van der Waals surface area contributed by atoms with Crippen molar-refractivity contribution < 1.29 is 26.4 Å². The summed E-state index contributed by atoms with van der Waals surface area (Å²) in [5.74, 6) is -0.147. The molecular formula is C16H21F3N2O3S2. The number of carbonyl (C=O) groups excluding carboxylic acids is 1. The summed E-state index contributed by atoms with van der Waals surface area (Å²) >= 11 is 1.25. The monoisotopic (exact) mass is 410 g/mol. The molecule has 0 bridgehead atoms. The Kier molecular flexibility index (Phi) is 6.29. The zero-order valence-corrected chi connectivity index (χ0v) is 16.3. The van der Waals surface area contributed by atoms with Gasteiger partial charge >= 0.3 is 6.18 Å². The van der Waals surface area contributed by atoms with Crippen LogP contribution in [0.4, 0.5) is 13.2 Å². The summed E-state index contributed by atoms with van der Waals surface area (Å²) in [5.41, 5.74) is -1.05. The van der Waals surface area contributed by atoms with Crippen molar-refractivity contribution in [1.82, 2.24) is 9.62 Å². The SMILES string of the molecule is CCC(C)NC(=O)C1CSCN1S(=O)(=O)c1ccc(C)c(C(F)(F)F)c1. The Hall–Kier alpha value is -1.26. The molecule has 0 saturated carbocycles. The van der Waals surface area contributed by atoms with Gasteiger partial charge in [-0.25, -0.2) is 8.42 Å². The van der Waals surface area contributed by atoms with Crippen LogP contribution < -0.4 is 5.32 Å². The normalized spacial score (nSPS) is 20.2. The molecular weight excluding hydrogens is 389 g/mol. The molecule has 1 aliphatic heterocycles. The lowest BCUT2D eigenvalue weighted by molar-refractivity contribution is -0.138. The molecule has 1 amide bonds. The van der Waals surface area contributed by atoms with Crippen LogP contribution in [0.1, 0.15) is 31.4 Å². The smallest absolute Gasteiger partial charge is 0.352 e. The molecule has 1 saturated heterocycles. The predicted molar refractivity (Wildman–Crippen MR) is 94.2 cm³/mol. The zero-order valence-electron chi connectivity index (χ0n) is 14.6. The third-order valence-electron chi connectivity index (χ3n) is 4.27. The highest BCUT2D eigenvalue weighted by Gasteiger charge is 2.41. The zero-order chi connectivity index (χ0) is 19.7. The molecule has 26 heavy (non-hydrogen) atoms. The van der Waals surface area contributed by atoms with E-state index in [1.807, 2.05) is 6.92 Å². The molecule has 2 unspecified atom stereocenters. The Morgan fingerprint density at radius 2 is 2.08 bits per heavy atom. The van der Waals surface area contributed by atoms with E-state index in [0.29, 0.717) is 12.5 Å². The molecule has 5 nitrogen and oxygen atoms in total. The van der Waals surface area contributed by atoms with E-state index < -0.39 is 38.6 Å². The lowest BCUT2D eigenvalue weighted by atomic mass is 10.1. The number of thioether (sulfide) groups is 1. The quantitative estimate of drug-likeness (QED) is 0.811. The van der Waals surface area contributed by atoms with Crippen LogP contribution in [0.25, 0.3) is 0 Å². The fraction of sp³-hybridized carbons (Fsp3) is 0.562. The van der Waals surface area contributed by atoms with Crippen molar-refractivity contribution in [3.8, 4) is 0 Å². The highest BCUT2D eigenvalue weighted by molar-refractivity contribution is 8.00. The first-order valence-corrected chi connectivity index (χ1v) is 10.7. The third-order valence-corrected chi connectivity index (χ3v) is 7.29. The molecule has 0 radical (unpaired) electrons. The number of nitrogens with one attached hydrogen (secondary N) is 1. The van der Waals surface area contributed by atoms with Crippen molar-refractivity contribution in [2.75, 3.05) is 11.6 Å². The molecule has 0 spiro atoms. The lowest BCUT2D eigenvalue weighted by Crippen LogP contribution is -2.49. The van der Waals surface area contributed by atoms with Crippen LogP contribution in [0.2, 0.25) is 0 Å². The second-order valence-electron chi connectivity index (χ2n) is 6.20. The molecule has 1 fully saturated rings. The number of hydrogen-bond acceptors (Lipinski definition) is 4. The molecule has 2 rings (SSSR count). The van der Waals surface area contributed by atoms with E-state index in [2.05, 4.69) is 5.32 Å². The minimum absolute atomic E-state index is 0.0240. The van der Waals surface area contributed by atoms with Crippen LogP contribution >= 0.6 is 11.8 Å². The number of aryl methyl sites for hydroxylation is 1. The molecule has 10 heteroatoms. The van der Waals surface area contributed by atoms with Gasteiger partial charge in [0.05, 0.1) is 16.3 Å². The maximum atomic E-state index is 13.1. The van der Waals surface area contributed by atoms with Gasteiger partial charge in [0, 0.05) is 11.8 Å². The Morgan fingerprint density at radius 3 is 2.65 bits per heavy atom. The molecule has 0 aromatic heterocycles. The molecule has 0 aliphatic carbocycles. The molecule has 146 valence electrons. The number of hydrogen-bond donors (Lipinski definition) is 1. The van der Waals surface area contributed by atoms with E-state index in [1.165, 1.54) is 18.7 Å². The van der Waals surface area contributed by atoms with Gasteiger partial charge in [0.25, 0.3) is 0 Å². The van der Waals surface area contributed by atoms with Gasteiger partial charge < -0.3 is 5.32 Å². The number of nitrogens with zero attached hydrogens (tertiary/aromatic N) is 1. The van der Waals surface area contributed by atoms with Gasteiger partial charge in [-0.15, -0.1) is 11.8 Å². The Labute approximate surface area is 155 Å². The van der Waals surface area contributed by atoms with E-state index in [9.17, 15) is 26.4 Å². The number of benzene rings is 1. The van der Waals surface area contributed by atoms with Gasteiger partial charge in [-0.3, -0.25) is 4.79 Å². The first-order valence-electron chi connectivity index (χ1n) is 8.06. The summed E-state index contributed by atoms with van der Waals surface area (Å²) in [4.78, 5) is 11.9. The first kappa shape index (κ1) is 21.0. The number of halogens is 3. The van der Waals surface area contributed by atoms with Crippen molar-refractivity contribution in [2.24, 2.45) is 0 Å². The van der Waals surface area contributed by atoms with Crippen LogP contribution in [-0.4, -0.2) is 42.3 Å². The summed E-state index contributed by atoms with van der Waals surface area (Å²) in [6, 6.07) is 1.86. The van der Waals surface area contributed by atoms with Crippen LogP contribution in [0.3, 0.4) is 0 Å². The summed E-state index contributed by atoms with van der Waals surface area (Å²) in [5, 5.41) is 2.73. The number of rotatable bonds is 5. The van der Waals surface area contributed by atoms with Crippen molar-refractivity contribution >= 4 is 27.7 Å². The van der Waals surface area contributed by atoms with Crippen molar-refractivity contribution in [3.05, 3.63) is 29.3 Å². The largest absolute Gasteiger partial charge is 0.416 e. The van der Waals surface area contributed by atoms with Gasteiger partial charge in [0.2, 0.25) is 15.9 Å². The topological polar surface area (TPSA) is 66.5 Å². The average molecular weight is 410 g/mol. The third kappa shape index (κ3) is 4.34. The Balaban J connectivity index is 2.36. The second-order valence-corrected chi connectivity index (χ2v) is 9.09. The molecule has 2 atom stereocenters. The second kappa shape index (κ2) is 7.77. The molecule has 1 heterocycles. The highest BCUT2D eigenvalue weighted by atomic mass is 32.2. The minimum Gasteiger partial charge on any atom is -0.352 e. The summed E-state index contributed by atoms with van der Waals surface area (Å²) in [6.45, 7) is 4.95. The van der Waals surface area contributed by atoms with Crippen molar-refractivity contribution in [2.45, 2.75) is 50.3 Å². The number of sulfonamides is 1. The summed E-state index contributed by atoms with van der Waals surface area (Å²) < 4.78 is 66.0. The average Bonchev–Trinajstić information content (AvgIpc) is 3.04. The maximum Gasteiger partial charge on any atom is 0.416 e. The van der Waals surface area contributed by atoms with Crippen LogP contribution in [0.5, 0.6) is 0 Å². The van der Waals surface area contributed by atoms with Crippen LogP contribution in [-0.2, 0) is 21.0 Å². The number of alkyl halides is 3. The van der Waals surface area contributed by atoms with Gasteiger partial charge in [0.15, 0.2) is 0 Å². The van der Waals surface area contributed by atoms with E-state index >= 15 is 0 Å². The van der Waals surface area contributed by atoms with Crippen molar-refractivity contribution in [1.29, 1.82) is 0 Å². The van der Waals surface area contributed by atoms with Crippen LogP contribution in [0, 0.1) is 6.92 Å². The lowest BCUT2D eigenvalue weighted by Gasteiger charge is -2.24. The number of carbonyl (C=O) groups is 1. The standard InChI is InChI=1S/C16H21F3N2O3S2/c1-4-11(3)20-15(22)14-8-25-9-21(14)26(23,24)12-6-5-10(2)13(7-12)16(17,18)19/h5-7,11,14H,4,8-9H2,1-3H3,(H,20,22). The van der Waals surface area contributed by atoms with E-state index in [0.717, 1.165) is 16.4 Å². The first-order chi connectivity index (χ1) is 12.0. The van der Waals surface area contributed by atoms with E-state index in [1.54, 1.807) is 6.92 Å². The van der Waals surface area contributed by atoms with E-state index in [-0.39, 0.29) is 23.2 Å². The maximum absolute atomic E-state index is 13.1. The van der Waals surface area contributed by atoms with Gasteiger partial charge in [-0.05, 0) is 38.0 Å².